The van der Waals surface area contributed by atoms with Crippen LogP contribution in [0.2, 0.25) is 0 Å². The molecule has 1 unspecified atom stereocenters. The predicted molar refractivity (Wildman–Crippen MR) is 112 cm³/mol. The molecule has 3 rings (SSSR count). The number of phenolic OH excluding ortho intramolecular Hbond substituents is 1. The number of nitrogens with zero attached hydrogens (tertiary/aromatic N) is 1. The Balaban J connectivity index is 1.77. The molecular formula is C22H17F3N2O3S. The van der Waals surface area contributed by atoms with Crippen LogP contribution in [0.4, 0.5) is 18.9 Å². The number of carbonyl (C=O) groups is 1. The number of anilines is 1. The number of nitrogens with one attached hydrogen (secondary N) is 1. The topological polar surface area (TPSA) is 93.3 Å². The number of hydrogen-bond acceptors (Lipinski definition) is 5. The Hall–Kier alpha value is -3.22. The van der Waals surface area contributed by atoms with Gasteiger partial charge in [0.1, 0.15) is 11.4 Å². The standard InChI is InChI=1S/C22H17F3N2O3S/c1-21(30,12-31-19-7-3-4-15-16(19)5-2-6-18(15)28)20(29)27-14-9-8-13(11-26)17(10-14)22(23,24)25/h2-10,28,30H,12H2,1H3,(H,27,29). The minimum absolute atomic E-state index is 0.0873. The van der Waals surface area contributed by atoms with E-state index in [4.69, 9.17) is 5.26 Å². The van der Waals surface area contributed by atoms with Gasteiger partial charge in [0.05, 0.1) is 17.2 Å². The number of carbonyl (C=O) groups excluding carboxylic acids is 1. The van der Waals surface area contributed by atoms with Crippen LogP contribution < -0.4 is 5.32 Å². The summed E-state index contributed by atoms with van der Waals surface area (Å²) in [4.78, 5) is 13.2. The molecule has 0 saturated carbocycles. The lowest BCUT2D eigenvalue weighted by Gasteiger charge is -2.22. The van der Waals surface area contributed by atoms with Crippen molar-refractivity contribution in [3.05, 3.63) is 65.7 Å². The van der Waals surface area contributed by atoms with Gasteiger partial charge in [-0.15, -0.1) is 11.8 Å². The number of aliphatic hydroxyl groups is 1. The van der Waals surface area contributed by atoms with Crippen molar-refractivity contribution < 1.29 is 28.2 Å². The number of rotatable bonds is 5. The van der Waals surface area contributed by atoms with E-state index in [1.165, 1.54) is 30.8 Å². The highest BCUT2D eigenvalue weighted by atomic mass is 32.2. The van der Waals surface area contributed by atoms with Crippen LogP contribution in [-0.4, -0.2) is 27.5 Å². The van der Waals surface area contributed by atoms with E-state index in [2.05, 4.69) is 5.32 Å². The zero-order valence-electron chi connectivity index (χ0n) is 16.2. The van der Waals surface area contributed by atoms with Crippen LogP contribution in [0.15, 0.2) is 59.5 Å². The van der Waals surface area contributed by atoms with Gasteiger partial charge in [0.25, 0.3) is 5.91 Å². The number of alkyl halides is 3. The first-order valence-electron chi connectivity index (χ1n) is 9.01. The van der Waals surface area contributed by atoms with E-state index < -0.39 is 28.8 Å². The Labute approximate surface area is 180 Å². The zero-order valence-corrected chi connectivity index (χ0v) is 17.0. The number of phenols is 1. The largest absolute Gasteiger partial charge is 0.507 e. The number of amides is 1. The molecule has 0 fully saturated rings. The van der Waals surface area contributed by atoms with Crippen LogP contribution in [0.25, 0.3) is 10.8 Å². The third-order valence-electron chi connectivity index (χ3n) is 4.56. The van der Waals surface area contributed by atoms with E-state index in [0.717, 1.165) is 16.3 Å². The van der Waals surface area contributed by atoms with Gasteiger partial charge >= 0.3 is 6.18 Å². The Kier molecular flexibility index (Phi) is 6.15. The van der Waals surface area contributed by atoms with Gasteiger partial charge in [0.15, 0.2) is 0 Å². The molecule has 0 saturated heterocycles. The quantitative estimate of drug-likeness (QED) is 0.484. The van der Waals surface area contributed by atoms with E-state index in [0.29, 0.717) is 11.5 Å². The molecule has 0 heterocycles. The zero-order chi connectivity index (χ0) is 22.8. The van der Waals surface area contributed by atoms with Crippen molar-refractivity contribution >= 4 is 34.1 Å². The third kappa shape index (κ3) is 4.93. The monoisotopic (exact) mass is 446 g/mol. The molecule has 3 aromatic carbocycles. The van der Waals surface area contributed by atoms with Gasteiger partial charge in [0.2, 0.25) is 0 Å². The SMILES string of the molecule is CC(O)(CSc1cccc2c(O)cccc12)C(=O)Nc1ccc(C#N)c(C(F)(F)F)c1. The molecule has 0 aromatic heterocycles. The van der Waals surface area contributed by atoms with Crippen molar-refractivity contribution in [1.29, 1.82) is 5.26 Å². The highest BCUT2D eigenvalue weighted by Gasteiger charge is 2.35. The van der Waals surface area contributed by atoms with E-state index in [9.17, 15) is 28.2 Å². The molecule has 1 atom stereocenters. The number of nitriles is 1. The summed E-state index contributed by atoms with van der Waals surface area (Å²) in [6.07, 6.45) is -4.76. The van der Waals surface area contributed by atoms with Crippen LogP contribution in [0.5, 0.6) is 5.75 Å². The molecule has 5 nitrogen and oxygen atoms in total. The molecule has 3 N–H and O–H groups in total. The van der Waals surface area contributed by atoms with Gasteiger partial charge in [-0.25, -0.2) is 0 Å². The summed E-state index contributed by atoms with van der Waals surface area (Å²) < 4.78 is 39.4. The maximum absolute atomic E-state index is 13.1. The first-order valence-corrected chi connectivity index (χ1v) is 10.00. The van der Waals surface area contributed by atoms with Crippen LogP contribution in [0.3, 0.4) is 0 Å². The summed E-state index contributed by atoms with van der Waals surface area (Å²) in [5, 5.41) is 33.1. The predicted octanol–water partition coefficient (Wildman–Crippen LogP) is 4.92. The summed E-state index contributed by atoms with van der Waals surface area (Å²) >= 11 is 1.17. The number of aromatic hydroxyl groups is 1. The molecule has 0 bridgehead atoms. The average Bonchev–Trinajstić information content (AvgIpc) is 2.72. The van der Waals surface area contributed by atoms with Crippen molar-refractivity contribution in [2.24, 2.45) is 0 Å². The summed E-state index contributed by atoms with van der Waals surface area (Å²) in [5.41, 5.74) is -3.82. The summed E-state index contributed by atoms with van der Waals surface area (Å²) in [5.74, 6) is -0.873. The van der Waals surface area contributed by atoms with Gasteiger partial charge in [0, 0.05) is 21.7 Å². The Morgan fingerprint density at radius 3 is 2.48 bits per heavy atom. The minimum Gasteiger partial charge on any atom is -0.507 e. The summed E-state index contributed by atoms with van der Waals surface area (Å²) in [7, 11) is 0. The van der Waals surface area contributed by atoms with E-state index in [1.807, 2.05) is 0 Å². The van der Waals surface area contributed by atoms with Gasteiger partial charge in [-0.1, -0.05) is 24.3 Å². The third-order valence-corrected chi connectivity index (χ3v) is 5.93. The molecule has 1 amide bonds. The van der Waals surface area contributed by atoms with Crippen molar-refractivity contribution in [1.82, 2.24) is 0 Å². The molecule has 0 aliphatic rings. The van der Waals surface area contributed by atoms with Gasteiger partial charge in [-0.05, 0) is 42.6 Å². The molecule has 0 aliphatic carbocycles. The lowest BCUT2D eigenvalue weighted by Crippen LogP contribution is -2.42. The fourth-order valence-corrected chi connectivity index (χ4v) is 3.97. The molecule has 3 aromatic rings. The number of fused-ring (bicyclic) bond motifs is 1. The molecular weight excluding hydrogens is 429 g/mol. The Bertz CT molecular complexity index is 1190. The highest BCUT2D eigenvalue weighted by molar-refractivity contribution is 7.99. The summed E-state index contributed by atoms with van der Waals surface area (Å²) in [6.45, 7) is 1.26. The van der Waals surface area contributed by atoms with Crippen LogP contribution in [-0.2, 0) is 11.0 Å². The van der Waals surface area contributed by atoms with E-state index >= 15 is 0 Å². The second kappa shape index (κ2) is 8.49. The number of thioether (sulfide) groups is 1. The summed E-state index contributed by atoms with van der Waals surface area (Å²) in [6, 6.07) is 14.5. The van der Waals surface area contributed by atoms with Crippen molar-refractivity contribution in [3.8, 4) is 11.8 Å². The Morgan fingerprint density at radius 2 is 1.81 bits per heavy atom. The van der Waals surface area contributed by atoms with E-state index in [1.54, 1.807) is 36.4 Å². The highest BCUT2D eigenvalue weighted by Crippen LogP contribution is 2.35. The van der Waals surface area contributed by atoms with Gasteiger partial charge < -0.3 is 15.5 Å². The Morgan fingerprint density at radius 1 is 1.13 bits per heavy atom. The number of benzene rings is 3. The van der Waals surface area contributed by atoms with Crippen molar-refractivity contribution in [2.45, 2.75) is 23.6 Å². The fraction of sp³-hybridized carbons (Fsp3) is 0.182. The van der Waals surface area contributed by atoms with Crippen molar-refractivity contribution in [3.63, 3.8) is 0 Å². The van der Waals surface area contributed by atoms with Crippen LogP contribution in [0, 0.1) is 11.3 Å². The van der Waals surface area contributed by atoms with Gasteiger partial charge in [-0.3, -0.25) is 4.79 Å². The van der Waals surface area contributed by atoms with Crippen LogP contribution in [0.1, 0.15) is 18.1 Å². The van der Waals surface area contributed by atoms with Gasteiger partial charge in [-0.2, -0.15) is 18.4 Å². The number of halogens is 3. The lowest BCUT2D eigenvalue weighted by molar-refractivity contribution is -0.137. The molecule has 9 heteroatoms. The molecule has 0 spiro atoms. The smallest absolute Gasteiger partial charge is 0.417 e. The molecule has 31 heavy (non-hydrogen) atoms. The maximum atomic E-state index is 13.1. The second-order valence-electron chi connectivity index (χ2n) is 7.01. The minimum atomic E-state index is -4.76. The first kappa shape index (κ1) is 22.5. The van der Waals surface area contributed by atoms with Crippen molar-refractivity contribution in [2.75, 3.05) is 11.1 Å². The first-order chi connectivity index (χ1) is 14.5. The maximum Gasteiger partial charge on any atom is 0.417 e. The average molecular weight is 446 g/mol. The lowest BCUT2D eigenvalue weighted by atomic mass is 10.1. The molecule has 0 aliphatic heterocycles. The fourth-order valence-electron chi connectivity index (χ4n) is 2.89. The second-order valence-corrected chi connectivity index (χ2v) is 8.03. The number of hydrogen-bond donors (Lipinski definition) is 3. The molecule has 160 valence electrons. The van der Waals surface area contributed by atoms with E-state index in [-0.39, 0.29) is 17.2 Å². The normalized spacial score (nSPS) is 13.4. The van der Waals surface area contributed by atoms with Crippen LogP contribution >= 0.6 is 11.8 Å². The molecule has 0 radical (unpaired) electrons.